The van der Waals surface area contributed by atoms with Gasteiger partial charge in [-0.1, -0.05) is 55.4 Å². The van der Waals surface area contributed by atoms with E-state index in [9.17, 15) is 0 Å². The SMILES string of the molecule is CO[Si](CC(C)C)(C(C)(C)C)C(C)(C)C. The smallest absolute Gasteiger partial charge is 0.203 e. The average molecular weight is 230 g/mol. The summed E-state index contributed by atoms with van der Waals surface area (Å²) >= 11 is 0. The molecule has 0 unspecified atom stereocenters. The Kier molecular flexibility index (Phi) is 4.64. The van der Waals surface area contributed by atoms with E-state index in [4.69, 9.17) is 4.43 Å². The first-order valence-corrected chi connectivity index (χ1v) is 8.14. The maximum Gasteiger partial charge on any atom is 0.203 e. The van der Waals surface area contributed by atoms with Crippen molar-refractivity contribution in [2.75, 3.05) is 7.11 Å². The first-order chi connectivity index (χ1) is 6.48. The second-order valence-electron chi connectivity index (χ2n) is 7.13. The monoisotopic (exact) mass is 230 g/mol. The third-order valence-electron chi connectivity index (χ3n) is 3.47. The van der Waals surface area contributed by atoms with Gasteiger partial charge in [0.2, 0.25) is 8.32 Å². The largest absolute Gasteiger partial charge is 0.419 e. The number of hydrogen-bond donors (Lipinski definition) is 0. The lowest BCUT2D eigenvalue weighted by Crippen LogP contribution is -2.54. The van der Waals surface area contributed by atoms with Crippen molar-refractivity contribution in [3.8, 4) is 0 Å². The maximum absolute atomic E-state index is 6.12. The molecule has 0 aromatic heterocycles. The molecule has 0 heterocycles. The van der Waals surface area contributed by atoms with Gasteiger partial charge in [-0.25, -0.2) is 0 Å². The van der Waals surface area contributed by atoms with Crippen molar-refractivity contribution in [2.45, 2.75) is 71.5 Å². The lowest BCUT2D eigenvalue weighted by Gasteiger charge is -2.51. The van der Waals surface area contributed by atoms with E-state index in [1.807, 2.05) is 7.11 Å². The van der Waals surface area contributed by atoms with Crippen LogP contribution in [0.4, 0.5) is 0 Å². The third kappa shape index (κ3) is 3.07. The van der Waals surface area contributed by atoms with Gasteiger partial charge in [-0.05, 0) is 22.0 Å². The minimum Gasteiger partial charge on any atom is -0.419 e. The minimum absolute atomic E-state index is 0.296. The molecule has 2 heteroatoms. The van der Waals surface area contributed by atoms with Crippen LogP contribution in [-0.4, -0.2) is 15.4 Å². The lowest BCUT2D eigenvalue weighted by molar-refractivity contribution is 0.318. The molecule has 1 nitrogen and oxygen atoms in total. The van der Waals surface area contributed by atoms with E-state index in [0.29, 0.717) is 10.1 Å². The molecule has 0 saturated carbocycles. The summed E-state index contributed by atoms with van der Waals surface area (Å²) in [5, 5.41) is 0.592. The molecular formula is C13H30OSi. The molecule has 0 aliphatic rings. The highest BCUT2D eigenvalue weighted by Gasteiger charge is 2.54. The van der Waals surface area contributed by atoms with E-state index in [1.54, 1.807) is 0 Å². The van der Waals surface area contributed by atoms with Crippen LogP contribution in [0.5, 0.6) is 0 Å². The van der Waals surface area contributed by atoms with E-state index in [1.165, 1.54) is 6.04 Å². The first-order valence-electron chi connectivity index (χ1n) is 6.03. The van der Waals surface area contributed by atoms with Gasteiger partial charge < -0.3 is 4.43 Å². The predicted molar refractivity (Wildman–Crippen MR) is 71.8 cm³/mol. The van der Waals surface area contributed by atoms with Gasteiger partial charge in [0.15, 0.2) is 0 Å². The van der Waals surface area contributed by atoms with E-state index in [-0.39, 0.29) is 0 Å². The summed E-state index contributed by atoms with van der Waals surface area (Å²) in [6.45, 7) is 18.7. The van der Waals surface area contributed by atoms with Gasteiger partial charge in [-0.2, -0.15) is 0 Å². The topological polar surface area (TPSA) is 9.23 Å². The van der Waals surface area contributed by atoms with Crippen LogP contribution in [0.3, 0.4) is 0 Å². The quantitative estimate of drug-likeness (QED) is 0.631. The van der Waals surface area contributed by atoms with Gasteiger partial charge in [0.05, 0.1) is 0 Å². The Morgan fingerprint density at radius 1 is 0.933 bits per heavy atom. The van der Waals surface area contributed by atoms with Crippen LogP contribution < -0.4 is 0 Å². The molecule has 0 aromatic rings. The van der Waals surface area contributed by atoms with Gasteiger partial charge >= 0.3 is 0 Å². The molecule has 0 rings (SSSR count). The van der Waals surface area contributed by atoms with Crippen molar-refractivity contribution in [3.63, 3.8) is 0 Å². The van der Waals surface area contributed by atoms with Crippen LogP contribution in [0.2, 0.25) is 16.1 Å². The third-order valence-corrected chi connectivity index (χ3v) is 10.4. The number of rotatable bonds is 3. The highest BCUT2D eigenvalue weighted by molar-refractivity contribution is 6.79. The molecule has 0 atom stereocenters. The lowest BCUT2D eigenvalue weighted by atomic mass is 10.2. The zero-order valence-electron chi connectivity index (χ0n) is 12.2. The molecule has 0 aliphatic heterocycles. The van der Waals surface area contributed by atoms with Crippen LogP contribution >= 0.6 is 0 Å². The molecule has 15 heavy (non-hydrogen) atoms. The number of hydrogen-bond acceptors (Lipinski definition) is 1. The molecule has 0 bridgehead atoms. The summed E-state index contributed by atoms with van der Waals surface area (Å²) in [5.74, 6) is 0.718. The fourth-order valence-electron chi connectivity index (χ4n) is 3.01. The van der Waals surface area contributed by atoms with E-state index >= 15 is 0 Å². The summed E-state index contributed by atoms with van der Waals surface area (Å²) in [7, 11) is 0.186. The molecule has 0 spiro atoms. The van der Waals surface area contributed by atoms with Crippen LogP contribution in [0.25, 0.3) is 0 Å². The zero-order valence-corrected chi connectivity index (χ0v) is 13.2. The standard InChI is InChI=1S/C13H30OSi/c1-11(2)10-15(14-9,12(3,4)5)13(6,7)8/h11H,10H2,1-9H3. The first kappa shape index (κ1) is 15.2. The Morgan fingerprint density at radius 2 is 1.27 bits per heavy atom. The zero-order chi connectivity index (χ0) is 12.5. The van der Waals surface area contributed by atoms with Crippen LogP contribution in [0.15, 0.2) is 0 Å². The van der Waals surface area contributed by atoms with Crippen molar-refractivity contribution in [2.24, 2.45) is 5.92 Å². The Morgan fingerprint density at radius 3 is 1.33 bits per heavy atom. The molecule has 0 radical (unpaired) electrons. The molecule has 92 valence electrons. The van der Waals surface area contributed by atoms with E-state index in [0.717, 1.165) is 5.92 Å². The van der Waals surface area contributed by atoms with Crippen molar-refractivity contribution in [1.82, 2.24) is 0 Å². The van der Waals surface area contributed by atoms with E-state index < -0.39 is 8.32 Å². The average Bonchev–Trinajstić information content (AvgIpc) is 1.94. The Balaban J connectivity index is 5.33. The molecule has 0 aliphatic carbocycles. The summed E-state index contributed by atoms with van der Waals surface area (Å²) in [5.41, 5.74) is 0. The second kappa shape index (κ2) is 4.58. The molecule has 0 N–H and O–H groups in total. The van der Waals surface area contributed by atoms with Gasteiger partial charge in [-0.15, -0.1) is 0 Å². The van der Waals surface area contributed by atoms with Crippen molar-refractivity contribution < 1.29 is 4.43 Å². The van der Waals surface area contributed by atoms with Gasteiger partial charge in [0.25, 0.3) is 0 Å². The van der Waals surface area contributed by atoms with Crippen molar-refractivity contribution in [1.29, 1.82) is 0 Å². The Labute approximate surface area is 97.7 Å². The molecule has 0 amide bonds. The summed E-state index contributed by atoms with van der Waals surface area (Å²) < 4.78 is 6.12. The van der Waals surface area contributed by atoms with Crippen molar-refractivity contribution in [3.05, 3.63) is 0 Å². The molecular weight excluding hydrogens is 200 g/mol. The van der Waals surface area contributed by atoms with E-state index in [2.05, 4.69) is 55.4 Å². The minimum atomic E-state index is -1.74. The summed E-state index contributed by atoms with van der Waals surface area (Å²) in [4.78, 5) is 0. The fourth-order valence-corrected chi connectivity index (χ4v) is 9.02. The Bertz CT molecular complexity index is 182. The summed E-state index contributed by atoms with van der Waals surface area (Å²) in [6.07, 6.45) is 0. The molecule has 0 saturated heterocycles. The van der Waals surface area contributed by atoms with Gasteiger partial charge in [0, 0.05) is 7.11 Å². The van der Waals surface area contributed by atoms with Crippen molar-refractivity contribution >= 4 is 8.32 Å². The molecule has 0 fully saturated rings. The summed E-state index contributed by atoms with van der Waals surface area (Å²) in [6, 6.07) is 1.25. The Hall–Kier alpha value is 0.177. The molecule has 0 aromatic carbocycles. The highest BCUT2D eigenvalue weighted by Crippen LogP contribution is 2.54. The second-order valence-corrected chi connectivity index (χ2v) is 12.6. The fraction of sp³-hybridized carbons (Fsp3) is 1.00. The highest BCUT2D eigenvalue weighted by atomic mass is 28.4. The van der Waals surface area contributed by atoms with Crippen LogP contribution in [0, 0.1) is 5.92 Å². The predicted octanol–water partition coefficient (Wildman–Crippen LogP) is 4.83. The van der Waals surface area contributed by atoms with Gasteiger partial charge in [0.1, 0.15) is 0 Å². The maximum atomic E-state index is 6.12. The normalized spacial score (nSPS) is 14.8. The van der Waals surface area contributed by atoms with Crippen LogP contribution in [0.1, 0.15) is 55.4 Å². The van der Waals surface area contributed by atoms with Crippen LogP contribution in [-0.2, 0) is 4.43 Å². The van der Waals surface area contributed by atoms with Gasteiger partial charge in [-0.3, -0.25) is 0 Å².